The molecular formula is C9H14N2O10. The van der Waals surface area contributed by atoms with Crippen LogP contribution in [0, 0.1) is 10.1 Å². The van der Waals surface area contributed by atoms with Gasteiger partial charge in [-0.25, -0.2) is 9.63 Å². The zero-order chi connectivity index (χ0) is 15.8. The zero-order valence-corrected chi connectivity index (χ0v) is 10.7. The highest BCUT2D eigenvalue weighted by Crippen LogP contribution is 2.13. The van der Waals surface area contributed by atoms with Crippen molar-refractivity contribution in [2.75, 3.05) is 6.61 Å². The van der Waals surface area contributed by atoms with Crippen LogP contribution < -0.4 is 5.82 Å². The van der Waals surface area contributed by atoms with Crippen molar-refractivity contribution >= 4 is 0 Å². The molecule has 3 N–H and O–H groups in total. The maximum Gasteiger partial charge on any atom is 0.519 e. The molecule has 1 aromatic rings. The Bertz CT molecular complexity index is 495. The average Bonchev–Trinajstić information content (AvgIpc) is 2.75. The first-order valence-electron chi connectivity index (χ1n) is 5.77. The second-order valence-electron chi connectivity index (χ2n) is 3.85. The second-order valence-corrected chi connectivity index (χ2v) is 3.85. The molecule has 12 heteroatoms. The van der Waals surface area contributed by atoms with Crippen molar-refractivity contribution in [3.63, 3.8) is 0 Å². The van der Waals surface area contributed by atoms with Crippen molar-refractivity contribution in [2.45, 2.75) is 32.0 Å². The Hall–Kier alpha value is -1.99. The fraction of sp³-hybridized carbons (Fsp3) is 0.667. The van der Waals surface area contributed by atoms with E-state index in [4.69, 9.17) is 19.9 Å². The summed E-state index contributed by atoms with van der Waals surface area (Å²) in [5, 5.41) is 34.4. The molecule has 0 aromatic carbocycles. The first-order chi connectivity index (χ1) is 9.92. The molecular weight excluding hydrogens is 296 g/mol. The number of hydrogen-bond acceptors (Lipinski definition) is 11. The molecule has 0 aliphatic heterocycles. The summed E-state index contributed by atoms with van der Waals surface area (Å²) in [5.74, 6) is -0.818. The van der Waals surface area contributed by atoms with E-state index in [1.54, 1.807) is 0 Å². The van der Waals surface area contributed by atoms with Gasteiger partial charge in [0.2, 0.25) is 0 Å². The lowest BCUT2D eigenvalue weighted by Gasteiger charge is -2.17. The number of aliphatic hydroxyl groups is 1. The topological polar surface area (TPSA) is 169 Å². The van der Waals surface area contributed by atoms with Crippen molar-refractivity contribution in [3.05, 3.63) is 32.3 Å². The SMILES string of the molecule is O=c1oc(CO)c(CCCC(CO[N+](=O)[O-])ON(O)O)o1. The van der Waals surface area contributed by atoms with Gasteiger partial charge in [0.25, 0.3) is 5.09 Å². The summed E-state index contributed by atoms with van der Waals surface area (Å²) in [6.07, 6.45) is -0.432. The minimum atomic E-state index is -1.05. The van der Waals surface area contributed by atoms with Crippen LogP contribution in [0.1, 0.15) is 24.4 Å². The Balaban J connectivity index is 2.47. The van der Waals surface area contributed by atoms with Gasteiger partial charge >= 0.3 is 5.82 Å². The van der Waals surface area contributed by atoms with Gasteiger partial charge in [-0.05, 0) is 12.8 Å². The molecule has 0 aliphatic rings. The third-order valence-corrected chi connectivity index (χ3v) is 2.41. The van der Waals surface area contributed by atoms with E-state index in [0.717, 1.165) is 0 Å². The van der Waals surface area contributed by atoms with Crippen LogP contribution in [0.4, 0.5) is 0 Å². The van der Waals surface area contributed by atoms with Crippen LogP contribution in [0.15, 0.2) is 13.6 Å². The van der Waals surface area contributed by atoms with Crippen LogP contribution in [0.2, 0.25) is 0 Å². The number of aryl methyl sites for hydroxylation is 1. The molecule has 1 aromatic heterocycles. The molecule has 0 aliphatic carbocycles. The summed E-state index contributed by atoms with van der Waals surface area (Å²) in [5.41, 5.74) is 0. The van der Waals surface area contributed by atoms with Crippen LogP contribution in [0.25, 0.3) is 0 Å². The van der Waals surface area contributed by atoms with Crippen LogP contribution in [-0.4, -0.2) is 38.7 Å². The largest absolute Gasteiger partial charge is 0.519 e. The maximum absolute atomic E-state index is 10.9. The molecule has 21 heavy (non-hydrogen) atoms. The smallest absolute Gasteiger partial charge is 0.396 e. The quantitative estimate of drug-likeness (QED) is 0.380. The van der Waals surface area contributed by atoms with Gasteiger partial charge in [0.15, 0.2) is 11.5 Å². The van der Waals surface area contributed by atoms with Gasteiger partial charge in [-0.3, -0.25) is 10.4 Å². The number of hydrogen-bond donors (Lipinski definition) is 3. The van der Waals surface area contributed by atoms with E-state index < -0.39 is 35.6 Å². The zero-order valence-electron chi connectivity index (χ0n) is 10.7. The first-order valence-corrected chi connectivity index (χ1v) is 5.77. The van der Waals surface area contributed by atoms with Crippen molar-refractivity contribution in [2.24, 2.45) is 0 Å². The van der Waals surface area contributed by atoms with E-state index in [1.807, 2.05) is 0 Å². The van der Waals surface area contributed by atoms with Gasteiger partial charge in [-0.2, -0.15) is 0 Å². The lowest BCUT2D eigenvalue weighted by atomic mass is 10.1. The third-order valence-electron chi connectivity index (χ3n) is 2.41. The van der Waals surface area contributed by atoms with Gasteiger partial charge in [-0.1, -0.05) is 0 Å². The molecule has 1 rings (SSSR count). The number of rotatable bonds is 10. The van der Waals surface area contributed by atoms with E-state index in [2.05, 4.69) is 14.1 Å². The number of nitrogens with zero attached hydrogens (tertiary/aromatic N) is 2. The Morgan fingerprint density at radius 1 is 1.33 bits per heavy atom. The fourth-order valence-electron chi connectivity index (χ4n) is 1.58. The van der Waals surface area contributed by atoms with Crippen molar-refractivity contribution in [3.8, 4) is 0 Å². The van der Waals surface area contributed by atoms with Crippen molar-refractivity contribution < 1.29 is 39.1 Å². The molecule has 0 spiro atoms. The monoisotopic (exact) mass is 310 g/mol. The lowest BCUT2D eigenvalue weighted by Crippen LogP contribution is -2.29. The normalized spacial score (nSPS) is 12.6. The van der Waals surface area contributed by atoms with Crippen LogP contribution >= 0.6 is 0 Å². The predicted octanol–water partition coefficient (Wildman–Crippen LogP) is -0.363. The lowest BCUT2D eigenvalue weighted by molar-refractivity contribution is -0.760. The Morgan fingerprint density at radius 3 is 2.57 bits per heavy atom. The Kier molecular flexibility index (Phi) is 6.77. The third kappa shape index (κ3) is 6.33. The van der Waals surface area contributed by atoms with Crippen LogP contribution in [0.3, 0.4) is 0 Å². The molecule has 0 radical (unpaired) electrons. The maximum atomic E-state index is 10.9. The van der Waals surface area contributed by atoms with Crippen LogP contribution in [-0.2, 0) is 22.7 Å². The molecule has 1 unspecified atom stereocenters. The van der Waals surface area contributed by atoms with Gasteiger partial charge in [-0.15, -0.1) is 10.1 Å². The van der Waals surface area contributed by atoms with Gasteiger partial charge in [0.1, 0.15) is 19.3 Å². The van der Waals surface area contributed by atoms with E-state index >= 15 is 0 Å². The second kappa shape index (κ2) is 8.33. The molecule has 0 saturated carbocycles. The predicted molar refractivity (Wildman–Crippen MR) is 59.3 cm³/mol. The minimum Gasteiger partial charge on any atom is -0.396 e. The standard InChI is InChI=1S/C9H14N2O10/c12-4-8-7(19-9(13)20-8)3-1-2-6(21-11(16)17)5-18-10(14)15/h6,12,16-17H,1-5H2. The summed E-state index contributed by atoms with van der Waals surface area (Å²) in [4.78, 5) is 29.4. The Labute approximate surface area is 116 Å². The van der Waals surface area contributed by atoms with Gasteiger partial charge < -0.3 is 18.8 Å². The average molecular weight is 310 g/mol. The summed E-state index contributed by atoms with van der Waals surface area (Å²) >= 11 is 0. The molecule has 0 amide bonds. The summed E-state index contributed by atoms with van der Waals surface area (Å²) < 4.78 is 9.25. The molecule has 1 atom stereocenters. The minimum absolute atomic E-state index is 0.00930. The summed E-state index contributed by atoms with van der Waals surface area (Å²) in [7, 11) is 0. The highest BCUT2D eigenvalue weighted by Gasteiger charge is 2.17. The summed E-state index contributed by atoms with van der Waals surface area (Å²) in [6, 6.07) is 0. The number of aliphatic hydroxyl groups excluding tert-OH is 1. The first kappa shape index (κ1) is 17.1. The van der Waals surface area contributed by atoms with E-state index in [9.17, 15) is 14.9 Å². The van der Waals surface area contributed by atoms with E-state index in [0.29, 0.717) is 0 Å². The molecule has 1 heterocycles. The fourth-order valence-corrected chi connectivity index (χ4v) is 1.58. The Morgan fingerprint density at radius 2 is 2.00 bits per heavy atom. The highest BCUT2D eigenvalue weighted by molar-refractivity contribution is 5.01. The van der Waals surface area contributed by atoms with Crippen LogP contribution in [0.5, 0.6) is 0 Å². The highest BCUT2D eigenvalue weighted by atomic mass is 17.1. The van der Waals surface area contributed by atoms with Gasteiger partial charge in [0, 0.05) is 6.42 Å². The summed E-state index contributed by atoms with van der Waals surface area (Å²) in [6.45, 7) is -1.03. The van der Waals surface area contributed by atoms with Gasteiger partial charge in [0.05, 0.1) is 5.39 Å². The van der Waals surface area contributed by atoms with E-state index in [1.165, 1.54) is 0 Å². The van der Waals surface area contributed by atoms with E-state index in [-0.39, 0.29) is 30.8 Å². The molecule has 12 nitrogen and oxygen atoms in total. The van der Waals surface area contributed by atoms with Crippen molar-refractivity contribution in [1.82, 2.24) is 5.39 Å². The molecule has 120 valence electrons. The molecule has 0 saturated heterocycles. The molecule has 0 bridgehead atoms. The molecule has 0 fully saturated rings. The van der Waals surface area contributed by atoms with Crippen molar-refractivity contribution in [1.29, 1.82) is 0 Å².